The first-order chi connectivity index (χ1) is 19.8. The maximum atomic E-state index is 14.0. The lowest BCUT2D eigenvalue weighted by atomic mass is 9.49. The first kappa shape index (κ1) is 28.4. The van der Waals surface area contributed by atoms with Crippen molar-refractivity contribution in [3.8, 4) is 12.3 Å². The standard InChI is InChI=1S/C30H30ClF4N7/c1-5-18-13-36-26-21(25(18)37-15-28(3,4)30(33,34)35)8-19(9-22(26)31)39-27(20-6-7-24(32)38-16(20)2)23-14-42(41-40-23)29-10-17(11-29)12-29/h1,6-9,13-14,17,27,39-41H,10-12,15H2,2-4H3,(H,36,37)/t17?,27-,29?/m0/s1. The van der Waals surface area contributed by atoms with Crippen LogP contribution in [0.15, 0.2) is 42.4 Å². The van der Waals surface area contributed by atoms with Crippen LogP contribution in [0.25, 0.3) is 10.9 Å². The number of anilines is 2. The highest BCUT2D eigenvalue weighted by Crippen LogP contribution is 2.60. The lowest BCUT2D eigenvalue weighted by Crippen LogP contribution is -2.69. The van der Waals surface area contributed by atoms with Gasteiger partial charge in [0.25, 0.3) is 0 Å². The Morgan fingerprint density at radius 1 is 1.24 bits per heavy atom. The Labute approximate surface area is 246 Å². The minimum Gasteiger partial charge on any atom is -0.383 e. The summed E-state index contributed by atoms with van der Waals surface area (Å²) in [5.41, 5.74) is 8.20. The number of rotatable bonds is 8. The Balaban J connectivity index is 1.39. The molecule has 3 fully saturated rings. The Hall–Kier alpha value is -3.75. The van der Waals surface area contributed by atoms with Crippen molar-refractivity contribution < 1.29 is 17.6 Å². The molecule has 7 nitrogen and oxygen atoms in total. The van der Waals surface area contributed by atoms with Crippen molar-refractivity contribution in [3.05, 3.63) is 70.2 Å². The number of hydrogen-bond donors (Lipinski definition) is 4. The molecule has 2 aromatic heterocycles. The van der Waals surface area contributed by atoms with Gasteiger partial charge in [-0.1, -0.05) is 23.6 Å². The largest absolute Gasteiger partial charge is 0.395 e. The zero-order valence-corrected chi connectivity index (χ0v) is 24.0. The van der Waals surface area contributed by atoms with E-state index >= 15 is 0 Å². The fourth-order valence-corrected chi connectivity index (χ4v) is 6.11. The van der Waals surface area contributed by atoms with Crippen LogP contribution >= 0.6 is 11.6 Å². The molecule has 1 atom stereocenters. The Kier molecular flexibility index (Phi) is 6.70. The summed E-state index contributed by atoms with van der Waals surface area (Å²) in [6, 6.07) is 5.92. The molecule has 3 aromatic rings. The predicted molar refractivity (Wildman–Crippen MR) is 155 cm³/mol. The number of hydrazine groups is 2. The lowest BCUT2D eigenvalue weighted by molar-refractivity contribution is -0.206. The van der Waals surface area contributed by atoms with E-state index in [1.54, 1.807) is 25.1 Å². The van der Waals surface area contributed by atoms with Crippen molar-refractivity contribution in [1.29, 1.82) is 0 Å². The highest BCUT2D eigenvalue weighted by molar-refractivity contribution is 6.35. The van der Waals surface area contributed by atoms with Crippen LogP contribution in [0.2, 0.25) is 5.02 Å². The van der Waals surface area contributed by atoms with E-state index in [9.17, 15) is 17.6 Å². The van der Waals surface area contributed by atoms with Crippen molar-refractivity contribution in [2.45, 2.75) is 57.8 Å². The first-order valence-electron chi connectivity index (χ1n) is 13.6. The molecule has 0 saturated heterocycles. The monoisotopic (exact) mass is 599 g/mol. The molecule has 7 rings (SSSR count). The van der Waals surface area contributed by atoms with E-state index in [0.29, 0.717) is 33.5 Å². The van der Waals surface area contributed by atoms with Crippen LogP contribution in [0.3, 0.4) is 0 Å². The van der Waals surface area contributed by atoms with Gasteiger partial charge in [0.05, 0.1) is 44.5 Å². The second kappa shape index (κ2) is 9.92. The maximum Gasteiger partial charge on any atom is 0.395 e. The minimum atomic E-state index is -4.43. The van der Waals surface area contributed by atoms with Crippen LogP contribution in [0.4, 0.5) is 28.9 Å². The number of nitrogens with zero attached hydrogens (tertiary/aromatic N) is 3. The summed E-state index contributed by atoms with van der Waals surface area (Å²) in [5.74, 6) is 2.71. The van der Waals surface area contributed by atoms with E-state index in [-0.39, 0.29) is 10.6 Å². The Morgan fingerprint density at radius 2 is 1.98 bits per heavy atom. The van der Waals surface area contributed by atoms with E-state index in [1.807, 2.05) is 6.20 Å². The van der Waals surface area contributed by atoms with Gasteiger partial charge in [-0.25, -0.2) is 4.98 Å². The zero-order valence-electron chi connectivity index (χ0n) is 23.3. The summed E-state index contributed by atoms with van der Waals surface area (Å²) in [6.45, 7) is 3.56. The molecule has 12 heteroatoms. The molecule has 1 aromatic carbocycles. The van der Waals surface area contributed by atoms with Crippen LogP contribution in [0.5, 0.6) is 0 Å². The molecular formula is C30H30ClF4N7. The summed E-state index contributed by atoms with van der Waals surface area (Å²) in [6.07, 6.45) is 8.11. The van der Waals surface area contributed by atoms with E-state index in [1.165, 1.54) is 12.3 Å². The van der Waals surface area contributed by atoms with E-state index in [0.717, 1.165) is 50.3 Å². The third kappa shape index (κ3) is 4.76. The number of benzene rings is 1. The Morgan fingerprint density at radius 3 is 2.60 bits per heavy atom. The van der Waals surface area contributed by atoms with Gasteiger partial charge < -0.3 is 16.1 Å². The number of nitrogens with one attached hydrogen (secondary N) is 4. The molecule has 0 spiro atoms. The van der Waals surface area contributed by atoms with Gasteiger partial charge in [0, 0.05) is 41.3 Å². The average Bonchev–Trinajstić information content (AvgIpc) is 3.33. The van der Waals surface area contributed by atoms with Crippen molar-refractivity contribution in [2.24, 2.45) is 11.3 Å². The SMILES string of the molecule is C#Cc1cnc2c(Cl)cc(N[C@H](C3=CN(C45CC(C4)C5)NN3)c3ccc(F)nc3C)cc2c1NCC(C)(C)C(F)(F)F. The van der Waals surface area contributed by atoms with Crippen molar-refractivity contribution in [1.82, 2.24) is 25.9 Å². The molecule has 1 aliphatic heterocycles. The number of halogens is 5. The zero-order chi connectivity index (χ0) is 30.0. The summed E-state index contributed by atoms with van der Waals surface area (Å²) in [4.78, 5) is 8.41. The Bertz CT molecular complexity index is 1630. The number of pyridine rings is 2. The highest BCUT2D eigenvalue weighted by atomic mass is 35.5. The molecule has 0 unspecified atom stereocenters. The molecule has 2 bridgehead atoms. The fourth-order valence-electron chi connectivity index (χ4n) is 5.85. The number of aromatic nitrogens is 2. The van der Waals surface area contributed by atoms with Gasteiger partial charge >= 0.3 is 6.18 Å². The van der Waals surface area contributed by atoms with Crippen LogP contribution < -0.4 is 21.6 Å². The van der Waals surface area contributed by atoms with Crippen LogP contribution in [0, 0.1) is 36.5 Å². The predicted octanol–water partition coefficient (Wildman–Crippen LogP) is 6.58. The molecule has 42 heavy (non-hydrogen) atoms. The van der Waals surface area contributed by atoms with Crippen LogP contribution in [-0.4, -0.2) is 33.2 Å². The van der Waals surface area contributed by atoms with Gasteiger partial charge in [0.15, 0.2) is 0 Å². The second-order valence-electron chi connectivity index (χ2n) is 12.1. The van der Waals surface area contributed by atoms with Gasteiger partial charge in [-0.3, -0.25) is 9.99 Å². The van der Waals surface area contributed by atoms with Gasteiger partial charge in [0.1, 0.15) is 0 Å². The fraction of sp³-hybridized carbons (Fsp3) is 0.400. The van der Waals surface area contributed by atoms with Crippen molar-refractivity contribution in [3.63, 3.8) is 0 Å². The molecule has 220 valence electrons. The van der Waals surface area contributed by atoms with Crippen molar-refractivity contribution >= 4 is 33.9 Å². The normalized spacial score (nSPS) is 22.0. The van der Waals surface area contributed by atoms with Crippen LogP contribution in [-0.2, 0) is 0 Å². The maximum absolute atomic E-state index is 14.0. The molecule has 3 saturated carbocycles. The smallest absolute Gasteiger partial charge is 0.383 e. The molecule has 0 amide bonds. The topological polar surface area (TPSA) is 77.1 Å². The molecular weight excluding hydrogens is 570 g/mol. The molecule has 0 radical (unpaired) electrons. The third-order valence-electron chi connectivity index (χ3n) is 8.69. The molecule has 3 aliphatic carbocycles. The number of fused-ring (bicyclic) bond motifs is 1. The van der Waals surface area contributed by atoms with Crippen molar-refractivity contribution in [2.75, 3.05) is 17.2 Å². The summed E-state index contributed by atoms with van der Waals surface area (Å²) in [7, 11) is 0. The second-order valence-corrected chi connectivity index (χ2v) is 12.5. The van der Waals surface area contributed by atoms with E-state index in [4.69, 9.17) is 18.0 Å². The highest BCUT2D eigenvalue weighted by Gasteiger charge is 2.60. The van der Waals surface area contributed by atoms with Gasteiger partial charge in [-0.15, -0.1) is 12.0 Å². The van der Waals surface area contributed by atoms with E-state index < -0.39 is 30.1 Å². The van der Waals surface area contributed by atoms with Gasteiger partial charge in [-0.2, -0.15) is 17.6 Å². The molecule has 4 N–H and O–H groups in total. The number of terminal acetylenes is 1. The average molecular weight is 600 g/mol. The lowest BCUT2D eigenvalue weighted by Gasteiger charge is -2.64. The summed E-state index contributed by atoms with van der Waals surface area (Å²) >= 11 is 6.67. The number of alkyl halides is 3. The molecule has 3 heterocycles. The minimum absolute atomic E-state index is 0.106. The van der Waals surface area contributed by atoms with Gasteiger partial charge in [-0.05, 0) is 64.2 Å². The van der Waals surface area contributed by atoms with Gasteiger partial charge in [0.2, 0.25) is 5.95 Å². The number of aryl methyl sites for hydroxylation is 1. The molecule has 4 aliphatic rings. The quantitative estimate of drug-likeness (QED) is 0.132. The summed E-state index contributed by atoms with van der Waals surface area (Å²) in [5, 5.41) is 9.25. The first-order valence-corrected chi connectivity index (χ1v) is 14.0. The number of hydrogen-bond acceptors (Lipinski definition) is 7. The third-order valence-corrected chi connectivity index (χ3v) is 8.97. The van der Waals surface area contributed by atoms with E-state index in [2.05, 4.69) is 42.5 Å². The summed E-state index contributed by atoms with van der Waals surface area (Å²) < 4.78 is 54.9. The van der Waals surface area contributed by atoms with Crippen LogP contribution in [0.1, 0.15) is 56.0 Å².